The molecule has 1 nitrogen and oxygen atoms in total. The summed E-state index contributed by atoms with van der Waals surface area (Å²) in [6.45, 7) is 11.2. The van der Waals surface area contributed by atoms with Crippen LogP contribution in [0.4, 0.5) is 0 Å². The van der Waals surface area contributed by atoms with Crippen molar-refractivity contribution in [2.45, 2.75) is 40.0 Å². The minimum Gasteiger partial charge on any atom is -0.413 e. The molecule has 16 heavy (non-hydrogen) atoms. The largest absolute Gasteiger partial charge is 0.413 e. The van der Waals surface area contributed by atoms with Gasteiger partial charge in [0.15, 0.2) is 9.04 Å². The van der Waals surface area contributed by atoms with Crippen LogP contribution >= 0.6 is 22.6 Å². The molecule has 0 saturated heterocycles. The van der Waals surface area contributed by atoms with Crippen LogP contribution in [0.1, 0.15) is 32.4 Å². The molecule has 1 atom stereocenters. The first-order valence-corrected chi connectivity index (χ1v) is 9.57. The van der Waals surface area contributed by atoms with Crippen molar-refractivity contribution in [3.05, 3.63) is 33.4 Å². The fraction of sp³-hybridized carbons (Fsp3) is 0.538. The van der Waals surface area contributed by atoms with E-state index >= 15 is 0 Å². The Morgan fingerprint density at radius 1 is 1.12 bits per heavy atom. The van der Waals surface area contributed by atoms with Crippen molar-refractivity contribution in [2.24, 2.45) is 5.41 Å². The summed E-state index contributed by atoms with van der Waals surface area (Å²) < 4.78 is 7.45. The molecule has 0 saturated carbocycles. The minimum absolute atomic E-state index is 0.157. The standard InChI is InChI=1S/C13H21IOSi/c1-13(2,3)12(15-16(4)5)10-6-8-11(14)9-7-10/h6-9,12,16H,1-5H3. The molecule has 0 bridgehead atoms. The molecule has 90 valence electrons. The maximum absolute atomic E-state index is 6.18. The maximum atomic E-state index is 6.18. The van der Waals surface area contributed by atoms with Crippen molar-refractivity contribution < 1.29 is 4.43 Å². The van der Waals surface area contributed by atoms with Gasteiger partial charge >= 0.3 is 0 Å². The SMILES string of the molecule is C[SiH](C)OC(c1ccc(I)cc1)C(C)(C)C. The van der Waals surface area contributed by atoms with Crippen LogP contribution in [0.3, 0.4) is 0 Å². The number of benzene rings is 1. The van der Waals surface area contributed by atoms with E-state index in [1.165, 1.54) is 9.13 Å². The zero-order chi connectivity index (χ0) is 12.3. The van der Waals surface area contributed by atoms with Crippen molar-refractivity contribution in [1.29, 1.82) is 0 Å². The molecule has 0 aromatic heterocycles. The van der Waals surface area contributed by atoms with Crippen molar-refractivity contribution >= 4 is 31.6 Å². The number of hydrogen-bond acceptors (Lipinski definition) is 1. The Kier molecular flexibility index (Phi) is 5.01. The van der Waals surface area contributed by atoms with Gasteiger partial charge in [-0.15, -0.1) is 0 Å². The van der Waals surface area contributed by atoms with Gasteiger partial charge in [-0.2, -0.15) is 0 Å². The van der Waals surface area contributed by atoms with Crippen molar-refractivity contribution in [3.8, 4) is 0 Å². The van der Waals surface area contributed by atoms with Gasteiger partial charge < -0.3 is 4.43 Å². The van der Waals surface area contributed by atoms with E-state index in [2.05, 4.69) is 80.7 Å². The lowest BCUT2D eigenvalue weighted by Gasteiger charge is -2.33. The highest BCUT2D eigenvalue weighted by atomic mass is 127. The summed E-state index contributed by atoms with van der Waals surface area (Å²) in [6.07, 6.45) is 0.219. The Morgan fingerprint density at radius 2 is 1.62 bits per heavy atom. The first-order valence-electron chi connectivity index (χ1n) is 5.71. The van der Waals surface area contributed by atoms with Gasteiger partial charge in [0.05, 0.1) is 6.10 Å². The molecule has 3 heteroatoms. The predicted octanol–water partition coefficient (Wildman–Crippen LogP) is 4.38. The lowest BCUT2D eigenvalue weighted by atomic mass is 9.85. The fourth-order valence-electron chi connectivity index (χ4n) is 1.69. The molecule has 1 aromatic rings. The summed E-state index contributed by atoms with van der Waals surface area (Å²) >= 11 is 2.33. The van der Waals surface area contributed by atoms with Gasteiger partial charge in [0.1, 0.15) is 0 Å². The van der Waals surface area contributed by atoms with Crippen LogP contribution in [-0.4, -0.2) is 9.04 Å². The third-order valence-electron chi connectivity index (χ3n) is 2.37. The second kappa shape index (κ2) is 5.64. The van der Waals surface area contributed by atoms with E-state index < -0.39 is 9.04 Å². The highest BCUT2D eigenvalue weighted by Crippen LogP contribution is 2.36. The van der Waals surface area contributed by atoms with Crippen molar-refractivity contribution in [2.75, 3.05) is 0 Å². The van der Waals surface area contributed by atoms with E-state index in [9.17, 15) is 0 Å². The van der Waals surface area contributed by atoms with Crippen LogP contribution in [0.25, 0.3) is 0 Å². The molecular formula is C13H21IOSi. The van der Waals surface area contributed by atoms with E-state index in [0.29, 0.717) is 0 Å². The zero-order valence-corrected chi connectivity index (χ0v) is 14.1. The molecule has 0 amide bonds. The van der Waals surface area contributed by atoms with Crippen LogP contribution in [-0.2, 0) is 4.43 Å². The lowest BCUT2D eigenvalue weighted by molar-refractivity contribution is 0.0866. The average Bonchev–Trinajstić information content (AvgIpc) is 2.14. The van der Waals surface area contributed by atoms with Gasteiger partial charge in [0.2, 0.25) is 0 Å². The molecule has 0 N–H and O–H groups in total. The minimum atomic E-state index is -1.01. The molecule has 0 aliphatic carbocycles. The maximum Gasteiger partial charge on any atom is 0.171 e. The number of hydrogen-bond donors (Lipinski definition) is 0. The summed E-state index contributed by atoms with van der Waals surface area (Å²) in [7, 11) is -1.01. The molecule has 0 spiro atoms. The van der Waals surface area contributed by atoms with Crippen molar-refractivity contribution in [3.63, 3.8) is 0 Å². The second-order valence-corrected chi connectivity index (χ2v) is 9.10. The fourth-order valence-corrected chi connectivity index (χ4v) is 3.16. The molecule has 1 unspecified atom stereocenters. The zero-order valence-electron chi connectivity index (χ0n) is 10.8. The van der Waals surface area contributed by atoms with Gasteiger partial charge in [-0.25, -0.2) is 0 Å². The van der Waals surface area contributed by atoms with Gasteiger partial charge in [0.25, 0.3) is 0 Å². The van der Waals surface area contributed by atoms with Gasteiger partial charge in [-0.3, -0.25) is 0 Å². The number of rotatable bonds is 3. The Morgan fingerprint density at radius 3 is 2.00 bits per heavy atom. The first kappa shape index (κ1) is 14.2. The van der Waals surface area contributed by atoms with Gasteiger partial charge in [0, 0.05) is 3.57 Å². The quantitative estimate of drug-likeness (QED) is 0.582. The Bertz CT molecular complexity index is 327. The molecule has 0 radical (unpaired) electrons. The topological polar surface area (TPSA) is 9.23 Å². The Hall–Kier alpha value is 0.127. The van der Waals surface area contributed by atoms with Crippen molar-refractivity contribution in [1.82, 2.24) is 0 Å². The monoisotopic (exact) mass is 348 g/mol. The smallest absolute Gasteiger partial charge is 0.171 e. The first-order chi connectivity index (χ1) is 7.30. The summed E-state index contributed by atoms with van der Waals surface area (Å²) in [6, 6.07) is 8.68. The molecule has 0 aliphatic heterocycles. The van der Waals surface area contributed by atoms with Crippen LogP contribution in [0.15, 0.2) is 24.3 Å². The molecular weight excluding hydrogens is 327 g/mol. The highest BCUT2D eigenvalue weighted by Gasteiger charge is 2.27. The summed E-state index contributed by atoms with van der Waals surface area (Å²) in [4.78, 5) is 0. The molecule has 1 rings (SSSR count). The van der Waals surface area contributed by atoms with E-state index in [-0.39, 0.29) is 11.5 Å². The summed E-state index contributed by atoms with van der Waals surface area (Å²) in [5.41, 5.74) is 1.46. The van der Waals surface area contributed by atoms with Crippen LogP contribution < -0.4 is 0 Å². The van der Waals surface area contributed by atoms with Gasteiger partial charge in [-0.1, -0.05) is 32.9 Å². The van der Waals surface area contributed by atoms with E-state index in [1.54, 1.807) is 0 Å². The molecule has 0 fully saturated rings. The normalized spacial score (nSPS) is 14.2. The van der Waals surface area contributed by atoms with E-state index in [4.69, 9.17) is 4.43 Å². The third kappa shape index (κ3) is 4.18. The van der Waals surface area contributed by atoms with Crippen LogP contribution in [0.2, 0.25) is 13.1 Å². The average molecular weight is 348 g/mol. The molecule has 0 aliphatic rings. The predicted molar refractivity (Wildman–Crippen MR) is 81.3 cm³/mol. The molecule has 1 aromatic carbocycles. The van der Waals surface area contributed by atoms with Crippen LogP contribution in [0.5, 0.6) is 0 Å². The Labute approximate surface area is 114 Å². The lowest BCUT2D eigenvalue weighted by Crippen LogP contribution is -2.25. The summed E-state index contributed by atoms with van der Waals surface area (Å²) in [5.74, 6) is 0. The summed E-state index contributed by atoms with van der Waals surface area (Å²) in [5, 5.41) is 0. The second-order valence-electron chi connectivity index (χ2n) is 5.48. The number of halogens is 1. The third-order valence-corrected chi connectivity index (χ3v) is 3.90. The molecule has 0 heterocycles. The van der Waals surface area contributed by atoms with Crippen LogP contribution in [0, 0.1) is 8.99 Å². The Balaban J connectivity index is 2.97. The van der Waals surface area contributed by atoms with Gasteiger partial charge in [-0.05, 0) is 58.8 Å². The highest BCUT2D eigenvalue weighted by molar-refractivity contribution is 14.1. The van der Waals surface area contributed by atoms with E-state index in [0.717, 1.165) is 0 Å². The van der Waals surface area contributed by atoms with E-state index in [1.807, 2.05) is 0 Å².